The van der Waals surface area contributed by atoms with Crippen LogP contribution in [0.1, 0.15) is 11.1 Å². The summed E-state index contributed by atoms with van der Waals surface area (Å²) >= 11 is 1.53. The minimum Gasteiger partial charge on any atom is -0.398 e. The van der Waals surface area contributed by atoms with Gasteiger partial charge < -0.3 is 10.8 Å². The number of nitrogens with two attached hydrogens (primary N) is 1. The van der Waals surface area contributed by atoms with E-state index in [1.165, 1.54) is 11.8 Å². The van der Waals surface area contributed by atoms with Crippen molar-refractivity contribution in [1.29, 1.82) is 5.26 Å². The van der Waals surface area contributed by atoms with E-state index in [9.17, 15) is 0 Å². The fourth-order valence-corrected chi connectivity index (χ4v) is 1.92. The Bertz CT molecular complexity index is 371. The number of aliphatic hydroxyl groups excluding tert-OH is 1. The second kappa shape index (κ2) is 4.89. The van der Waals surface area contributed by atoms with Gasteiger partial charge in [-0.3, -0.25) is 0 Å². The van der Waals surface area contributed by atoms with Crippen LogP contribution in [0.5, 0.6) is 0 Å². The summed E-state index contributed by atoms with van der Waals surface area (Å²) in [6.07, 6.45) is 0. The highest BCUT2D eigenvalue weighted by Gasteiger charge is 2.04. The number of nitrogens with zero attached hydrogens (tertiary/aromatic N) is 1. The number of hydrogen-bond acceptors (Lipinski definition) is 4. The summed E-state index contributed by atoms with van der Waals surface area (Å²) < 4.78 is 0. The molecule has 3 N–H and O–H groups in total. The molecule has 0 atom stereocenters. The van der Waals surface area contributed by atoms with Crippen LogP contribution in [0.15, 0.2) is 17.0 Å². The van der Waals surface area contributed by atoms with E-state index in [0.29, 0.717) is 17.0 Å². The second-order valence-electron chi connectivity index (χ2n) is 2.89. The van der Waals surface area contributed by atoms with Gasteiger partial charge in [-0.15, -0.1) is 11.8 Å². The molecule has 0 amide bonds. The molecule has 74 valence electrons. The topological polar surface area (TPSA) is 70.0 Å². The highest BCUT2D eigenvalue weighted by atomic mass is 32.2. The summed E-state index contributed by atoms with van der Waals surface area (Å²) in [5.74, 6) is 0.635. The number of nitriles is 1. The van der Waals surface area contributed by atoms with Crippen molar-refractivity contribution in [2.75, 3.05) is 18.1 Å². The quantitative estimate of drug-likeness (QED) is 0.584. The third kappa shape index (κ3) is 2.41. The van der Waals surface area contributed by atoms with Gasteiger partial charge in [-0.05, 0) is 24.6 Å². The van der Waals surface area contributed by atoms with Crippen LogP contribution in [0.4, 0.5) is 5.69 Å². The molecule has 1 aromatic rings. The molecular weight excluding hydrogens is 196 g/mol. The van der Waals surface area contributed by atoms with Gasteiger partial charge in [0, 0.05) is 16.3 Å². The van der Waals surface area contributed by atoms with Crippen molar-refractivity contribution in [3.8, 4) is 6.07 Å². The van der Waals surface area contributed by atoms with E-state index in [4.69, 9.17) is 16.1 Å². The van der Waals surface area contributed by atoms with Crippen molar-refractivity contribution in [2.45, 2.75) is 11.8 Å². The molecular formula is C10H12N2OS. The molecule has 4 heteroatoms. The third-order valence-electron chi connectivity index (χ3n) is 1.82. The summed E-state index contributed by atoms with van der Waals surface area (Å²) in [6.45, 7) is 2.08. The zero-order chi connectivity index (χ0) is 10.6. The summed E-state index contributed by atoms with van der Waals surface area (Å²) in [5.41, 5.74) is 7.70. The van der Waals surface area contributed by atoms with E-state index in [0.717, 1.165) is 10.5 Å². The van der Waals surface area contributed by atoms with Crippen LogP contribution in [-0.2, 0) is 0 Å². The molecule has 0 radical (unpaired) electrons. The molecule has 0 saturated heterocycles. The molecule has 14 heavy (non-hydrogen) atoms. The van der Waals surface area contributed by atoms with Crippen LogP contribution in [0.3, 0.4) is 0 Å². The van der Waals surface area contributed by atoms with E-state index in [2.05, 4.69) is 0 Å². The van der Waals surface area contributed by atoms with E-state index >= 15 is 0 Å². The first-order chi connectivity index (χ1) is 6.69. The van der Waals surface area contributed by atoms with Gasteiger partial charge in [0.2, 0.25) is 0 Å². The number of aryl methyl sites for hydroxylation is 1. The lowest BCUT2D eigenvalue weighted by molar-refractivity contribution is 0.322. The van der Waals surface area contributed by atoms with Crippen LogP contribution in [-0.4, -0.2) is 17.5 Å². The molecule has 1 rings (SSSR count). The van der Waals surface area contributed by atoms with Gasteiger partial charge in [-0.2, -0.15) is 5.26 Å². The smallest absolute Gasteiger partial charge is 0.101 e. The summed E-state index contributed by atoms with van der Waals surface area (Å²) in [5, 5.41) is 17.5. The van der Waals surface area contributed by atoms with Gasteiger partial charge >= 0.3 is 0 Å². The Morgan fingerprint density at radius 1 is 1.57 bits per heavy atom. The lowest BCUT2D eigenvalue weighted by Gasteiger charge is -2.06. The predicted molar refractivity (Wildman–Crippen MR) is 58.1 cm³/mol. The standard InChI is InChI=1S/C10H12N2OS/c1-7-4-9(12)8(6-11)5-10(7)14-3-2-13/h4-5,13H,2-3,12H2,1H3. The maximum absolute atomic E-state index is 8.77. The lowest BCUT2D eigenvalue weighted by Crippen LogP contribution is -1.94. The van der Waals surface area contributed by atoms with E-state index < -0.39 is 0 Å². The van der Waals surface area contributed by atoms with Crippen molar-refractivity contribution < 1.29 is 5.11 Å². The fraction of sp³-hybridized carbons (Fsp3) is 0.300. The average Bonchev–Trinajstić information content (AvgIpc) is 2.17. The second-order valence-corrected chi connectivity index (χ2v) is 4.03. The van der Waals surface area contributed by atoms with Crippen LogP contribution in [0, 0.1) is 18.3 Å². The monoisotopic (exact) mass is 208 g/mol. The molecule has 0 bridgehead atoms. The Morgan fingerprint density at radius 3 is 2.86 bits per heavy atom. The molecule has 1 aromatic carbocycles. The summed E-state index contributed by atoms with van der Waals surface area (Å²) in [4.78, 5) is 1.00. The minimum absolute atomic E-state index is 0.135. The molecule has 0 unspecified atom stereocenters. The molecule has 0 aliphatic rings. The van der Waals surface area contributed by atoms with Crippen LogP contribution >= 0.6 is 11.8 Å². The number of aliphatic hydroxyl groups is 1. The Morgan fingerprint density at radius 2 is 2.29 bits per heavy atom. The number of anilines is 1. The number of thioether (sulfide) groups is 1. The van der Waals surface area contributed by atoms with Crippen molar-refractivity contribution >= 4 is 17.4 Å². The summed E-state index contributed by atoms with van der Waals surface area (Å²) in [6, 6.07) is 5.60. The molecule has 0 aromatic heterocycles. The maximum Gasteiger partial charge on any atom is 0.101 e. The third-order valence-corrected chi connectivity index (χ3v) is 2.95. The van der Waals surface area contributed by atoms with Crippen LogP contribution < -0.4 is 5.73 Å². The van der Waals surface area contributed by atoms with E-state index in [1.54, 1.807) is 12.1 Å². The summed E-state index contributed by atoms with van der Waals surface area (Å²) in [7, 11) is 0. The zero-order valence-corrected chi connectivity index (χ0v) is 8.77. The van der Waals surface area contributed by atoms with Crippen molar-refractivity contribution in [2.24, 2.45) is 0 Å². The van der Waals surface area contributed by atoms with Crippen molar-refractivity contribution in [3.05, 3.63) is 23.3 Å². The maximum atomic E-state index is 8.77. The number of benzene rings is 1. The molecule has 0 spiro atoms. The molecule has 3 nitrogen and oxygen atoms in total. The van der Waals surface area contributed by atoms with E-state index in [1.807, 2.05) is 13.0 Å². The first-order valence-electron chi connectivity index (χ1n) is 4.23. The molecule has 0 fully saturated rings. The first-order valence-corrected chi connectivity index (χ1v) is 5.21. The largest absolute Gasteiger partial charge is 0.398 e. The Kier molecular flexibility index (Phi) is 3.81. The van der Waals surface area contributed by atoms with Gasteiger partial charge in [0.15, 0.2) is 0 Å². The molecule has 0 aliphatic heterocycles. The Hall–Kier alpha value is -1.18. The van der Waals surface area contributed by atoms with Gasteiger partial charge in [-0.1, -0.05) is 0 Å². The Labute approximate surface area is 87.5 Å². The van der Waals surface area contributed by atoms with E-state index in [-0.39, 0.29) is 6.61 Å². The molecule has 0 aliphatic carbocycles. The molecule has 0 saturated carbocycles. The fourth-order valence-electron chi connectivity index (χ4n) is 1.12. The van der Waals surface area contributed by atoms with Crippen LogP contribution in [0.2, 0.25) is 0 Å². The highest BCUT2D eigenvalue weighted by Crippen LogP contribution is 2.26. The number of hydrogen-bond donors (Lipinski definition) is 2. The van der Waals surface area contributed by atoms with Gasteiger partial charge in [0.25, 0.3) is 0 Å². The van der Waals surface area contributed by atoms with Gasteiger partial charge in [0.05, 0.1) is 12.2 Å². The van der Waals surface area contributed by atoms with Crippen molar-refractivity contribution in [3.63, 3.8) is 0 Å². The highest BCUT2D eigenvalue weighted by molar-refractivity contribution is 7.99. The normalized spacial score (nSPS) is 9.79. The Balaban J connectivity index is 3.00. The van der Waals surface area contributed by atoms with Gasteiger partial charge in [-0.25, -0.2) is 0 Å². The average molecular weight is 208 g/mol. The lowest BCUT2D eigenvalue weighted by atomic mass is 10.1. The SMILES string of the molecule is Cc1cc(N)c(C#N)cc1SCCO. The first kappa shape index (κ1) is 10.9. The number of rotatable bonds is 3. The van der Waals surface area contributed by atoms with Crippen LogP contribution in [0.25, 0.3) is 0 Å². The minimum atomic E-state index is 0.135. The predicted octanol–water partition coefficient (Wildman–Crippen LogP) is 1.53. The zero-order valence-electron chi connectivity index (χ0n) is 7.95. The van der Waals surface area contributed by atoms with Gasteiger partial charge in [0.1, 0.15) is 6.07 Å². The molecule has 0 heterocycles. The van der Waals surface area contributed by atoms with Crippen molar-refractivity contribution in [1.82, 2.24) is 0 Å². The number of nitrogen functional groups attached to an aromatic ring is 1.